The van der Waals surface area contributed by atoms with Crippen molar-refractivity contribution < 1.29 is 32.3 Å². The molecule has 3 atom stereocenters. The first-order valence-electron chi connectivity index (χ1n) is 9.09. The molecule has 0 radical (unpaired) electrons. The van der Waals surface area contributed by atoms with E-state index in [-0.39, 0.29) is 11.5 Å². The van der Waals surface area contributed by atoms with E-state index in [1.54, 1.807) is 20.8 Å². The largest absolute Gasteiger partial charge is 0.451 e. The average molecular weight is 404 g/mol. The van der Waals surface area contributed by atoms with E-state index in [9.17, 15) is 22.8 Å². The molecular formula is C17H28N2O7S. The predicted molar refractivity (Wildman–Crippen MR) is 96.7 cm³/mol. The summed E-state index contributed by atoms with van der Waals surface area (Å²) in [6, 6.07) is -1.25. The molecule has 0 aromatic carbocycles. The number of sulfone groups is 1. The highest BCUT2D eigenvalue weighted by Crippen LogP contribution is 2.22. The second kappa shape index (κ2) is 8.04. The smallest absolute Gasteiger partial charge is 0.411 e. The van der Waals surface area contributed by atoms with Crippen molar-refractivity contribution in [2.45, 2.75) is 70.7 Å². The van der Waals surface area contributed by atoms with Crippen molar-refractivity contribution in [3.05, 3.63) is 0 Å². The number of hydrogen-bond donors (Lipinski definition) is 1. The third kappa shape index (κ3) is 6.08. The molecule has 0 bridgehead atoms. The molecule has 1 N–H and O–H groups in total. The summed E-state index contributed by atoms with van der Waals surface area (Å²) in [4.78, 5) is 38.2. The van der Waals surface area contributed by atoms with Crippen molar-refractivity contribution in [1.82, 2.24) is 10.2 Å². The lowest BCUT2D eigenvalue weighted by Gasteiger charge is -2.28. The van der Waals surface area contributed by atoms with Crippen LogP contribution < -0.4 is 5.32 Å². The Balaban J connectivity index is 1.89. The molecule has 0 aromatic heterocycles. The second-order valence-corrected chi connectivity index (χ2v) is 10.2. The van der Waals surface area contributed by atoms with Crippen molar-refractivity contribution in [3.8, 4) is 0 Å². The molecular weight excluding hydrogens is 376 g/mol. The molecule has 27 heavy (non-hydrogen) atoms. The highest BCUT2D eigenvalue weighted by atomic mass is 32.2. The van der Waals surface area contributed by atoms with Crippen molar-refractivity contribution in [3.63, 3.8) is 0 Å². The molecule has 0 spiro atoms. The van der Waals surface area contributed by atoms with E-state index in [1.807, 2.05) is 0 Å². The molecule has 0 aromatic rings. The summed E-state index contributed by atoms with van der Waals surface area (Å²) >= 11 is 0. The molecule has 2 amide bonds. The molecule has 0 unspecified atom stereocenters. The zero-order chi connectivity index (χ0) is 20.4. The fourth-order valence-electron chi connectivity index (χ4n) is 3.08. The topological polar surface area (TPSA) is 119 Å². The van der Waals surface area contributed by atoms with E-state index in [0.717, 1.165) is 0 Å². The Labute approximate surface area is 159 Å². The quantitative estimate of drug-likeness (QED) is 0.682. The van der Waals surface area contributed by atoms with Crippen LogP contribution in [0, 0.1) is 0 Å². The van der Waals surface area contributed by atoms with Gasteiger partial charge < -0.3 is 14.8 Å². The zero-order valence-corrected chi connectivity index (χ0v) is 17.0. The number of carbonyl (C=O) groups excluding carboxylic acids is 3. The van der Waals surface area contributed by atoms with Crippen LogP contribution in [0.3, 0.4) is 0 Å². The van der Waals surface area contributed by atoms with Gasteiger partial charge >= 0.3 is 12.1 Å². The van der Waals surface area contributed by atoms with Crippen LogP contribution in [0.4, 0.5) is 4.79 Å². The van der Waals surface area contributed by atoms with Crippen molar-refractivity contribution in [1.29, 1.82) is 0 Å². The Morgan fingerprint density at radius 1 is 1.19 bits per heavy atom. The van der Waals surface area contributed by atoms with E-state index in [0.29, 0.717) is 25.8 Å². The summed E-state index contributed by atoms with van der Waals surface area (Å²) in [6.07, 6.45) is -0.242. The van der Waals surface area contributed by atoms with Gasteiger partial charge in [-0.05, 0) is 47.0 Å². The Morgan fingerprint density at radius 3 is 2.41 bits per heavy atom. The summed E-state index contributed by atoms with van der Waals surface area (Å²) in [5.74, 6) is -1.28. The summed E-state index contributed by atoms with van der Waals surface area (Å²) in [5.41, 5.74) is -0.678. The van der Waals surface area contributed by atoms with Crippen molar-refractivity contribution in [2.75, 3.05) is 18.1 Å². The molecule has 2 aliphatic rings. The number of rotatable bonds is 4. The fourth-order valence-corrected chi connectivity index (χ4v) is 4.76. The number of amides is 2. The van der Waals surface area contributed by atoms with Crippen LogP contribution in [0.5, 0.6) is 0 Å². The number of likely N-dealkylation sites (tertiary alicyclic amines) is 1. The molecule has 154 valence electrons. The molecule has 0 saturated carbocycles. The Kier molecular flexibility index (Phi) is 6.39. The first-order valence-corrected chi connectivity index (χ1v) is 10.9. The first kappa shape index (κ1) is 21.5. The van der Waals surface area contributed by atoms with Gasteiger partial charge in [0.1, 0.15) is 11.6 Å². The minimum absolute atomic E-state index is 0.0407. The van der Waals surface area contributed by atoms with Gasteiger partial charge in [-0.25, -0.2) is 18.0 Å². The van der Waals surface area contributed by atoms with Crippen LogP contribution in [0.2, 0.25) is 0 Å². The van der Waals surface area contributed by atoms with Crippen LogP contribution >= 0.6 is 0 Å². The van der Waals surface area contributed by atoms with E-state index in [2.05, 4.69) is 5.32 Å². The van der Waals surface area contributed by atoms with Crippen LogP contribution in [0.15, 0.2) is 0 Å². The minimum Gasteiger partial charge on any atom is -0.451 e. The minimum atomic E-state index is -3.12. The van der Waals surface area contributed by atoms with Crippen LogP contribution in [-0.2, 0) is 28.9 Å². The maximum Gasteiger partial charge on any atom is 0.411 e. The maximum atomic E-state index is 12.4. The number of esters is 1. The van der Waals surface area contributed by atoms with Gasteiger partial charge in [0.05, 0.1) is 11.5 Å². The molecule has 0 aliphatic carbocycles. The van der Waals surface area contributed by atoms with Gasteiger partial charge in [0.2, 0.25) is 0 Å². The second-order valence-electron chi connectivity index (χ2n) is 8.02. The van der Waals surface area contributed by atoms with E-state index in [1.165, 1.54) is 11.8 Å². The van der Waals surface area contributed by atoms with Crippen LogP contribution in [0.25, 0.3) is 0 Å². The average Bonchev–Trinajstić information content (AvgIpc) is 3.11. The normalized spacial score (nSPS) is 25.7. The summed E-state index contributed by atoms with van der Waals surface area (Å²) in [5, 5.41) is 2.59. The number of nitrogens with zero attached hydrogens (tertiary/aromatic N) is 1. The molecule has 2 saturated heterocycles. The molecule has 10 heteroatoms. The van der Waals surface area contributed by atoms with Gasteiger partial charge in [0, 0.05) is 12.6 Å². The predicted octanol–water partition coefficient (Wildman–Crippen LogP) is 0.621. The number of hydrogen-bond acceptors (Lipinski definition) is 7. The van der Waals surface area contributed by atoms with Crippen LogP contribution in [-0.4, -0.2) is 73.1 Å². The summed E-state index contributed by atoms with van der Waals surface area (Å²) < 4.78 is 33.4. The molecule has 2 rings (SSSR count). The molecule has 2 aliphatic heterocycles. The van der Waals surface area contributed by atoms with Gasteiger partial charge in [-0.1, -0.05) is 0 Å². The lowest BCUT2D eigenvalue weighted by atomic mass is 10.2. The highest BCUT2D eigenvalue weighted by Gasteiger charge is 2.39. The van der Waals surface area contributed by atoms with E-state index >= 15 is 0 Å². The number of carbonyl (C=O) groups is 3. The van der Waals surface area contributed by atoms with Crippen molar-refractivity contribution >= 4 is 27.8 Å². The van der Waals surface area contributed by atoms with Crippen LogP contribution in [0.1, 0.15) is 47.0 Å². The lowest BCUT2D eigenvalue weighted by molar-refractivity contribution is -0.159. The van der Waals surface area contributed by atoms with Gasteiger partial charge in [-0.15, -0.1) is 0 Å². The number of ether oxygens (including phenoxy) is 2. The monoisotopic (exact) mass is 404 g/mol. The first-order chi connectivity index (χ1) is 12.4. The number of nitrogens with one attached hydrogen (secondary N) is 1. The SMILES string of the molecule is C[C@@H](OC(=O)[C@@H]1CCCN1C(=O)OC(C)(C)C)C(=O)N[C@@H]1CCS(=O)(=O)C1. The summed E-state index contributed by atoms with van der Waals surface area (Å²) in [6.45, 7) is 7.02. The standard InChI is InChI=1S/C17H28N2O7S/c1-11(14(20)18-12-7-9-27(23,24)10-12)25-15(21)13-6-5-8-19(13)16(22)26-17(2,3)4/h11-13H,5-10H2,1-4H3,(H,18,20)/t11-,12-,13+/m1/s1. The van der Waals surface area contributed by atoms with Gasteiger partial charge in [-0.2, -0.15) is 0 Å². The molecule has 2 heterocycles. The zero-order valence-electron chi connectivity index (χ0n) is 16.2. The Hall–Kier alpha value is -1.84. The lowest BCUT2D eigenvalue weighted by Crippen LogP contribution is -2.47. The highest BCUT2D eigenvalue weighted by molar-refractivity contribution is 7.91. The molecule has 9 nitrogen and oxygen atoms in total. The maximum absolute atomic E-state index is 12.4. The van der Waals surface area contributed by atoms with Gasteiger partial charge in [0.25, 0.3) is 5.91 Å². The third-order valence-electron chi connectivity index (χ3n) is 4.39. The van der Waals surface area contributed by atoms with Gasteiger partial charge in [0.15, 0.2) is 15.9 Å². The van der Waals surface area contributed by atoms with E-state index in [4.69, 9.17) is 9.47 Å². The Bertz CT molecular complexity index is 699. The van der Waals surface area contributed by atoms with Gasteiger partial charge in [-0.3, -0.25) is 9.69 Å². The van der Waals surface area contributed by atoms with Crippen molar-refractivity contribution in [2.24, 2.45) is 0 Å². The Morgan fingerprint density at radius 2 is 1.85 bits per heavy atom. The van der Waals surface area contributed by atoms with E-state index < -0.39 is 51.6 Å². The molecule has 2 fully saturated rings. The fraction of sp³-hybridized carbons (Fsp3) is 0.824. The third-order valence-corrected chi connectivity index (χ3v) is 6.16. The summed E-state index contributed by atoms with van der Waals surface area (Å²) in [7, 11) is -3.12.